The van der Waals surface area contributed by atoms with E-state index >= 15 is 0 Å². The van der Waals surface area contributed by atoms with E-state index in [4.69, 9.17) is 9.57 Å². The van der Waals surface area contributed by atoms with Gasteiger partial charge in [-0.15, -0.1) is 0 Å². The maximum Gasteiger partial charge on any atom is 0.410 e. The molecular formula is C19H33N5O5. The van der Waals surface area contributed by atoms with Gasteiger partial charge < -0.3 is 24.9 Å². The Bertz CT molecular complexity index is 687. The van der Waals surface area contributed by atoms with Crippen molar-refractivity contribution in [3.05, 3.63) is 12.4 Å². The molecule has 29 heavy (non-hydrogen) atoms. The number of likely N-dealkylation sites (tertiary alicyclic amines) is 1. The third-order valence-electron chi connectivity index (χ3n) is 4.52. The highest BCUT2D eigenvalue weighted by molar-refractivity contribution is 5.92. The highest BCUT2D eigenvalue weighted by Gasteiger charge is 2.31. The standard InChI is InChI=1S/C19H33N5O5/c1-19(2,3)29-18(27)23-8-6-7-14(10-23)17(26)21-15-9-20-24(11-15)13-16(25)12-22(4)28-5/h9,11,14,16,25H,6-8,10,12-13H2,1-5H3,(H,21,26)/t14-,16+/m1/s1. The third-order valence-corrected chi connectivity index (χ3v) is 4.52. The molecule has 2 amide bonds. The molecule has 0 unspecified atom stereocenters. The molecule has 10 heteroatoms. The number of piperidine rings is 1. The number of carbonyl (C=O) groups is 2. The second kappa shape index (κ2) is 10.0. The molecule has 1 aliphatic rings. The monoisotopic (exact) mass is 411 g/mol. The maximum atomic E-state index is 12.6. The molecule has 2 N–H and O–H groups in total. The number of anilines is 1. The topological polar surface area (TPSA) is 109 Å². The lowest BCUT2D eigenvalue weighted by Gasteiger charge is -2.33. The second-order valence-electron chi connectivity index (χ2n) is 8.35. The molecule has 1 saturated heterocycles. The van der Waals surface area contributed by atoms with Crippen LogP contribution < -0.4 is 5.32 Å². The molecule has 1 aromatic heterocycles. The summed E-state index contributed by atoms with van der Waals surface area (Å²) >= 11 is 0. The fraction of sp³-hybridized carbons (Fsp3) is 0.737. The van der Waals surface area contributed by atoms with Crippen LogP contribution in [0.25, 0.3) is 0 Å². The molecule has 0 saturated carbocycles. The fourth-order valence-electron chi connectivity index (χ4n) is 3.10. The van der Waals surface area contributed by atoms with Crippen molar-refractivity contribution >= 4 is 17.7 Å². The van der Waals surface area contributed by atoms with Crippen LogP contribution in [0.2, 0.25) is 0 Å². The SMILES string of the molecule is CON(C)C[C@H](O)Cn1cc(NC(=O)[C@@H]2CCCN(C(=O)OC(C)(C)C)C2)cn1. The summed E-state index contributed by atoms with van der Waals surface area (Å²) in [6, 6.07) is 0. The number of likely N-dealkylation sites (N-methyl/N-ethyl adjacent to an activating group) is 1. The molecule has 2 heterocycles. The molecule has 1 fully saturated rings. The number of ether oxygens (including phenoxy) is 1. The van der Waals surface area contributed by atoms with Gasteiger partial charge in [-0.05, 0) is 33.6 Å². The number of aliphatic hydroxyl groups is 1. The summed E-state index contributed by atoms with van der Waals surface area (Å²) < 4.78 is 6.97. The zero-order valence-electron chi connectivity index (χ0n) is 17.9. The highest BCUT2D eigenvalue weighted by Crippen LogP contribution is 2.21. The summed E-state index contributed by atoms with van der Waals surface area (Å²) in [5, 5.41) is 18.6. The van der Waals surface area contributed by atoms with Crippen LogP contribution in [-0.2, 0) is 20.9 Å². The summed E-state index contributed by atoms with van der Waals surface area (Å²) in [5.74, 6) is -0.460. The number of hydrogen-bond donors (Lipinski definition) is 2. The van der Waals surface area contributed by atoms with E-state index in [0.717, 1.165) is 6.42 Å². The van der Waals surface area contributed by atoms with Gasteiger partial charge in [-0.25, -0.2) is 4.79 Å². The van der Waals surface area contributed by atoms with Gasteiger partial charge >= 0.3 is 6.09 Å². The van der Waals surface area contributed by atoms with E-state index in [2.05, 4.69) is 10.4 Å². The Morgan fingerprint density at radius 1 is 1.45 bits per heavy atom. The maximum absolute atomic E-state index is 12.6. The van der Waals surface area contributed by atoms with Crippen molar-refractivity contribution in [1.29, 1.82) is 0 Å². The number of nitrogens with zero attached hydrogens (tertiary/aromatic N) is 4. The molecule has 0 radical (unpaired) electrons. The van der Waals surface area contributed by atoms with Crippen LogP contribution in [0.3, 0.4) is 0 Å². The zero-order valence-corrected chi connectivity index (χ0v) is 17.9. The van der Waals surface area contributed by atoms with Crippen LogP contribution in [0.5, 0.6) is 0 Å². The number of aromatic nitrogens is 2. The molecule has 164 valence electrons. The van der Waals surface area contributed by atoms with Crippen LogP contribution in [0, 0.1) is 5.92 Å². The first-order valence-corrected chi connectivity index (χ1v) is 9.82. The number of aliphatic hydroxyl groups excluding tert-OH is 1. The predicted molar refractivity (Wildman–Crippen MR) is 107 cm³/mol. The normalized spacial score (nSPS) is 18.6. The summed E-state index contributed by atoms with van der Waals surface area (Å²) in [5.41, 5.74) is -0.0135. The number of rotatable bonds is 7. The van der Waals surface area contributed by atoms with Gasteiger partial charge in [0.15, 0.2) is 0 Å². The van der Waals surface area contributed by atoms with Gasteiger partial charge in [-0.3, -0.25) is 9.48 Å². The molecule has 1 aliphatic heterocycles. The molecule has 0 aromatic carbocycles. The quantitative estimate of drug-likeness (QED) is 0.651. The van der Waals surface area contributed by atoms with Gasteiger partial charge in [0.1, 0.15) is 5.60 Å². The van der Waals surface area contributed by atoms with Gasteiger partial charge in [0.25, 0.3) is 0 Å². The van der Waals surface area contributed by atoms with Crippen molar-refractivity contribution in [1.82, 2.24) is 19.7 Å². The number of hydroxylamine groups is 2. The van der Waals surface area contributed by atoms with E-state index in [1.165, 1.54) is 12.2 Å². The smallest absolute Gasteiger partial charge is 0.410 e. The van der Waals surface area contributed by atoms with E-state index < -0.39 is 17.8 Å². The van der Waals surface area contributed by atoms with Gasteiger partial charge in [0.05, 0.1) is 44.1 Å². The van der Waals surface area contributed by atoms with E-state index in [0.29, 0.717) is 31.7 Å². The van der Waals surface area contributed by atoms with E-state index in [1.807, 2.05) is 20.8 Å². The number of amides is 2. The van der Waals surface area contributed by atoms with Crippen LogP contribution in [0.4, 0.5) is 10.5 Å². The Hall–Kier alpha value is -2.17. The molecular weight excluding hydrogens is 378 g/mol. The Kier molecular flexibility index (Phi) is 8.00. The van der Waals surface area contributed by atoms with Crippen molar-refractivity contribution < 1.29 is 24.3 Å². The summed E-state index contributed by atoms with van der Waals surface area (Å²) in [6.45, 7) is 6.99. The lowest BCUT2D eigenvalue weighted by Crippen LogP contribution is -2.45. The summed E-state index contributed by atoms with van der Waals surface area (Å²) in [7, 11) is 3.26. The molecule has 10 nitrogen and oxygen atoms in total. The van der Waals surface area contributed by atoms with Crippen LogP contribution in [-0.4, -0.2) is 82.3 Å². The average molecular weight is 412 g/mol. The predicted octanol–water partition coefficient (Wildman–Crippen LogP) is 1.32. The Balaban J connectivity index is 1.87. The first-order valence-electron chi connectivity index (χ1n) is 9.82. The number of nitrogens with one attached hydrogen (secondary N) is 1. The Morgan fingerprint density at radius 3 is 2.83 bits per heavy atom. The average Bonchev–Trinajstić information content (AvgIpc) is 3.06. The first-order chi connectivity index (χ1) is 13.6. The van der Waals surface area contributed by atoms with Crippen molar-refractivity contribution in [2.24, 2.45) is 5.92 Å². The molecule has 1 aromatic rings. The Morgan fingerprint density at radius 2 is 2.17 bits per heavy atom. The van der Waals surface area contributed by atoms with Crippen LogP contribution in [0.15, 0.2) is 12.4 Å². The molecule has 2 rings (SSSR count). The minimum atomic E-state index is -0.663. The highest BCUT2D eigenvalue weighted by atomic mass is 16.7. The van der Waals surface area contributed by atoms with Gasteiger partial charge in [-0.2, -0.15) is 10.2 Å². The van der Waals surface area contributed by atoms with Gasteiger partial charge in [0.2, 0.25) is 5.91 Å². The Labute approximate surface area is 171 Å². The van der Waals surface area contributed by atoms with Crippen LogP contribution >= 0.6 is 0 Å². The van der Waals surface area contributed by atoms with Crippen molar-refractivity contribution in [2.75, 3.05) is 39.1 Å². The summed E-state index contributed by atoms with van der Waals surface area (Å²) in [4.78, 5) is 31.5. The van der Waals surface area contributed by atoms with Crippen molar-refractivity contribution in [3.63, 3.8) is 0 Å². The van der Waals surface area contributed by atoms with Gasteiger partial charge in [-0.1, -0.05) is 0 Å². The van der Waals surface area contributed by atoms with Crippen LogP contribution in [0.1, 0.15) is 33.6 Å². The van der Waals surface area contributed by atoms with E-state index in [-0.39, 0.29) is 18.4 Å². The molecule has 2 atom stereocenters. The minimum absolute atomic E-state index is 0.155. The lowest BCUT2D eigenvalue weighted by atomic mass is 9.97. The lowest BCUT2D eigenvalue weighted by molar-refractivity contribution is -0.129. The van der Waals surface area contributed by atoms with Crippen molar-refractivity contribution in [3.8, 4) is 0 Å². The van der Waals surface area contributed by atoms with Gasteiger partial charge in [0, 0.05) is 26.3 Å². The number of hydrogen-bond acceptors (Lipinski definition) is 7. The van der Waals surface area contributed by atoms with Crippen molar-refractivity contribution in [2.45, 2.75) is 51.9 Å². The molecule has 0 aliphatic carbocycles. The number of carbonyl (C=O) groups excluding carboxylic acids is 2. The third kappa shape index (κ3) is 7.64. The fourth-order valence-corrected chi connectivity index (χ4v) is 3.10. The van der Waals surface area contributed by atoms with E-state index in [1.54, 1.807) is 29.0 Å². The zero-order chi connectivity index (χ0) is 21.6. The second-order valence-corrected chi connectivity index (χ2v) is 8.35. The largest absolute Gasteiger partial charge is 0.444 e. The summed E-state index contributed by atoms with van der Waals surface area (Å²) in [6.07, 6.45) is 3.61. The first kappa shape index (κ1) is 23.1. The minimum Gasteiger partial charge on any atom is -0.444 e. The molecule has 0 bridgehead atoms. The van der Waals surface area contributed by atoms with E-state index in [9.17, 15) is 14.7 Å². The molecule has 0 spiro atoms.